The second-order valence-electron chi connectivity index (χ2n) is 4.44. The van der Waals surface area contributed by atoms with Crippen molar-refractivity contribution in [1.82, 2.24) is 4.90 Å². The van der Waals surface area contributed by atoms with Crippen LogP contribution < -0.4 is 0 Å². The molecule has 0 atom stereocenters. The van der Waals surface area contributed by atoms with Crippen LogP contribution in [0.3, 0.4) is 0 Å². The van der Waals surface area contributed by atoms with Crippen molar-refractivity contribution in [2.24, 2.45) is 0 Å². The highest BCUT2D eigenvalue weighted by atomic mass is 35.5. The van der Waals surface area contributed by atoms with Gasteiger partial charge in [0.2, 0.25) is 0 Å². The number of esters is 1. The number of methoxy groups -OCH3 is 1. The lowest BCUT2D eigenvalue weighted by Gasteiger charge is -2.16. The molecular formula is C15H14ClNO3S. The number of carbonyl (C=O) groups excluding carboxylic acids is 2. The molecule has 4 nitrogen and oxygen atoms in total. The smallest absolute Gasteiger partial charge is 0.348 e. The number of benzene rings is 1. The predicted molar refractivity (Wildman–Crippen MR) is 82.9 cm³/mol. The molecule has 1 heterocycles. The number of hydrogen-bond acceptors (Lipinski definition) is 4. The van der Waals surface area contributed by atoms with Gasteiger partial charge < -0.3 is 9.64 Å². The second kappa shape index (κ2) is 6.74. The summed E-state index contributed by atoms with van der Waals surface area (Å²) in [7, 11) is 3.03. The Labute approximate surface area is 131 Å². The molecule has 1 amide bonds. The van der Waals surface area contributed by atoms with Gasteiger partial charge in [-0.1, -0.05) is 23.7 Å². The average Bonchev–Trinajstić information content (AvgIpc) is 2.97. The minimum Gasteiger partial charge on any atom is -0.465 e. The molecule has 1 aromatic carbocycles. The Kier molecular flexibility index (Phi) is 4.98. The zero-order valence-corrected chi connectivity index (χ0v) is 13.2. The van der Waals surface area contributed by atoms with E-state index in [4.69, 9.17) is 11.6 Å². The summed E-state index contributed by atoms with van der Waals surface area (Å²) in [5.74, 6) is -0.565. The second-order valence-corrected chi connectivity index (χ2v) is 5.96. The molecule has 0 saturated heterocycles. The van der Waals surface area contributed by atoms with Crippen LogP contribution in [0.4, 0.5) is 0 Å². The number of nitrogens with zero attached hydrogens (tertiary/aromatic N) is 1. The molecule has 0 aliphatic rings. The van der Waals surface area contributed by atoms with E-state index < -0.39 is 5.97 Å². The van der Waals surface area contributed by atoms with E-state index in [9.17, 15) is 9.59 Å². The largest absolute Gasteiger partial charge is 0.465 e. The molecule has 6 heteroatoms. The molecule has 0 spiro atoms. The summed E-state index contributed by atoms with van der Waals surface area (Å²) in [4.78, 5) is 26.2. The van der Waals surface area contributed by atoms with Crippen LogP contribution in [0.1, 0.15) is 24.9 Å². The van der Waals surface area contributed by atoms with Crippen LogP contribution in [0.25, 0.3) is 0 Å². The quantitative estimate of drug-likeness (QED) is 0.809. The van der Waals surface area contributed by atoms with E-state index in [-0.39, 0.29) is 5.91 Å². The maximum Gasteiger partial charge on any atom is 0.348 e. The van der Waals surface area contributed by atoms with Gasteiger partial charge in [-0.3, -0.25) is 4.79 Å². The third kappa shape index (κ3) is 3.83. The molecule has 0 bridgehead atoms. The Hall–Kier alpha value is -1.85. The molecule has 0 radical (unpaired) electrons. The van der Waals surface area contributed by atoms with Gasteiger partial charge in [0.1, 0.15) is 4.88 Å². The van der Waals surface area contributed by atoms with Crippen LogP contribution >= 0.6 is 22.9 Å². The summed E-state index contributed by atoms with van der Waals surface area (Å²) >= 11 is 6.96. The van der Waals surface area contributed by atoms with Gasteiger partial charge in [-0.05, 0) is 29.8 Å². The summed E-state index contributed by atoms with van der Waals surface area (Å²) in [6, 6.07) is 10.6. The summed E-state index contributed by atoms with van der Waals surface area (Å²) in [5.41, 5.74) is 0.986. The molecule has 0 N–H and O–H groups in total. The van der Waals surface area contributed by atoms with Crippen LogP contribution in [-0.4, -0.2) is 30.9 Å². The Morgan fingerprint density at radius 2 is 1.76 bits per heavy atom. The number of rotatable bonds is 4. The molecule has 110 valence electrons. The van der Waals surface area contributed by atoms with Gasteiger partial charge in [0, 0.05) is 18.6 Å². The van der Waals surface area contributed by atoms with Gasteiger partial charge in [0.05, 0.1) is 12.0 Å². The third-order valence-electron chi connectivity index (χ3n) is 2.88. The Morgan fingerprint density at radius 3 is 2.38 bits per heavy atom. The first-order valence-electron chi connectivity index (χ1n) is 6.19. The van der Waals surface area contributed by atoms with Gasteiger partial charge in [-0.2, -0.15) is 0 Å². The zero-order valence-electron chi connectivity index (χ0n) is 11.6. The molecule has 0 aliphatic heterocycles. The molecule has 0 aliphatic carbocycles. The number of amides is 1. The van der Waals surface area contributed by atoms with Gasteiger partial charge >= 0.3 is 5.97 Å². The van der Waals surface area contributed by atoms with Crippen molar-refractivity contribution in [1.29, 1.82) is 0 Å². The Balaban J connectivity index is 2.06. The van der Waals surface area contributed by atoms with Crippen molar-refractivity contribution in [3.8, 4) is 0 Å². The van der Waals surface area contributed by atoms with E-state index in [2.05, 4.69) is 4.74 Å². The fourth-order valence-corrected chi connectivity index (χ4v) is 2.83. The minimum absolute atomic E-state index is 0.134. The van der Waals surface area contributed by atoms with E-state index in [1.54, 1.807) is 36.2 Å². The molecule has 2 rings (SSSR count). The fourth-order valence-electron chi connectivity index (χ4n) is 1.79. The normalized spacial score (nSPS) is 10.2. The van der Waals surface area contributed by atoms with Crippen molar-refractivity contribution in [2.75, 3.05) is 14.2 Å². The molecular weight excluding hydrogens is 310 g/mol. The topological polar surface area (TPSA) is 46.6 Å². The fraction of sp³-hybridized carbons (Fsp3) is 0.200. The van der Waals surface area contributed by atoms with E-state index in [1.807, 2.05) is 12.1 Å². The standard InChI is InChI=1S/C15H14ClNO3S/c1-17(9-10-3-5-11(16)6-4-10)14(18)12-7-8-13(21-12)15(19)20-2/h3-8H,9H2,1-2H3. The maximum absolute atomic E-state index is 12.3. The first-order chi connectivity index (χ1) is 10.0. The van der Waals surface area contributed by atoms with E-state index in [0.717, 1.165) is 16.9 Å². The average molecular weight is 324 g/mol. The first kappa shape index (κ1) is 15.5. The van der Waals surface area contributed by atoms with E-state index in [1.165, 1.54) is 7.11 Å². The van der Waals surface area contributed by atoms with Gasteiger partial charge in [-0.25, -0.2) is 4.79 Å². The molecule has 2 aromatic rings. The number of hydrogen-bond donors (Lipinski definition) is 0. The van der Waals surface area contributed by atoms with Crippen molar-refractivity contribution in [3.63, 3.8) is 0 Å². The van der Waals surface area contributed by atoms with Crippen molar-refractivity contribution in [2.45, 2.75) is 6.54 Å². The summed E-state index contributed by atoms with van der Waals surface area (Å²) in [6.45, 7) is 0.474. The first-order valence-corrected chi connectivity index (χ1v) is 7.38. The Morgan fingerprint density at radius 1 is 1.14 bits per heavy atom. The SMILES string of the molecule is COC(=O)c1ccc(C(=O)N(C)Cc2ccc(Cl)cc2)s1. The van der Waals surface area contributed by atoms with Crippen LogP contribution in [0.5, 0.6) is 0 Å². The molecule has 0 fully saturated rings. The predicted octanol–water partition coefficient (Wildman–Crippen LogP) is 3.46. The monoisotopic (exact) mass is 323 g/mol. The summed E-state index contributed by atoms with van der Waals surface area (Å²) < 4.78 is 4.63. The number of thiophene rings is 1. The van der Waals surface area contributed by atoms with E-state index in [0.29, 0.717) is 21.3 Å². The summed E-state index contributed by atoms with van der Waals surface area (Å²) in [6.07, 6.45) is 0. The van der Waals surface area contributed by atoms with Crippen molar-refractivity contribution in [3.05, 3.63) is 56.7 Å². The minimum atomic E-state index is -0.431. The highest BCUT2D eigenvalue weighted by Gasteiger charge is 2.17. The van der Waals surface area contributed by atoms with Crippen molar-refractivity contribution >= 4 is 34.8 Å². The molecule has 21 heavy (non-hydrogen) atoms. The molecule has 0 unspecified atom stereocenters. The number of carbonyl (C=O) groups is 2. The lowest BCUT2D eigenvalue weighted by Crippen LogP contribution is -2.25. The number of halogens is 1. The molecule has 0 saturated carbocycles. The lowest BCUT2D eigenvalue weighted by molar-refractivity contribution is 0.0606. The third-order valence-corrected chi connectivity index (χ3v) is 4.19. The van der Waals surface area contributed by atoms with Crippen molar-refractivity contribution < 1.29 is 14.3 Å². The van der Waals surface area contributed by atoms with Crippen LogP contribution in [0.2, 0.25) is 5.02 Å². The Bertz CT molecular complexity index is 651. The zero-order chi connectivity index (χ0) is 15.4. The van der Waals surface area contributed by atoms with Gasteiger partial charge in [0.15, 0.2) is 0 Å². The molecule has 1 aromatic heterocycles. The lowest BCUT2D eigenvalue weighted by atomic mass is 10.2. The highest BCUT2D eigenvalue weighted by Crippen LogP contribution is 2.20. The van der Waals surface area contributed by atoms with Crippen LogP contribution in [0, 0.1) is 0 Å². The van der Waals surface area contributed by atoms with Gasteiger partial charge in [0.25, 0.3) is 5.91 Å². The van der Waals surface area contributed by atoms with Crippen LogP contribution in [0.15, 0.2) is 36.4 Å². The van der Waals surface area contributed by atoms with E-state index >= 15 is 0 Å². The maximum atomic E-state index is 12.3. The van der Waals surface area contributed by atoms with Gasteiger partial charge in [-0.15, -0.1) is 11.3 Å². The summed E-state index contributed by atoms with van der Waals surface area (Å²) in [5, 5.41) is 0.661. The highest BCUT2D eigenvalue weighted by molar-refractivity contribution is 7.15. The number of ether oxygens (including phenoxy) is 1. The van der Waals surface area contributed by atoms with Crippen LogP contribution in [-0.2, 0) is 11.3 Å².